The molecular weight excluding hydrogens is 544 g/mol. The van der Waals surface area contributed by atoms with Crippen LogP contribution in [0.4, 0.5) is 17.2 Å². The molecule has 3 aliphatic rings. The molecule has 2 aromatic heterocycles. The van der Waals surface area contributed by atoms with Crippen molar-refractivity contribution in [2.45, 2.75) is 43.6 Å². The second-order valence-corrected chi connectivity index (χ2v) is 13.3. The quantitative estimate of drug-likeness (QED) is 0.370. The molecule has 4 heterocycles. The van der Waals surface area contributed by atoms with Crippen LogP contribution in [0.1, 0.15) is 43.1 Å². The highest BCUT2D eigenvalue weighted by Gasteiger charge is 2.44. The third-order valence-electron chi connectivity index (χ3n) is 8.66. The Bertz CT molecular complexity index is 1560. The van der Waals surface area contributed by atoms with E-state index < -0.39 is 10.0 Å². The fourth-order valence-electron chi connectivity index (χ4n) is 6.04. The zero-order valence-corrected chi connectivity index (χ0v) is 24.4. The van der Waals surface area contributed by atoms with Crippen LogP contribution in [0.25, 0.3) is 10.9 Å². The van der Waals surface area contributed by atoms with Crippen LogP contribution in [-0.2, 0) is 21.8 Å². The van der Waals surface area contributed by atoms with Crippen LogP contribution in [0.15, 0.2) is 41.4 Å². The average Bonchev–Trinajstić information content (AvgIpc) is 3.62. The lowest BCUT2D eigenvalue weighted by atomic mass is 9.93. The number of pyridine rings is 1. The van der Waals surface area contributed by atoms with E-state index in [1.807, 2.05) is 30.8 Å². The SMILES string of the molecule is C[C@H]1CN(c2nc(C(=O)Nc3ccc(S(=O)(=O)NCCO)cc3N3CCC4(CC3)CC4)cc3ccn(C)c23)CCO1. The molecule has 2 aliphatic heterocycles. The van der Waals surface area contributed by atoms with Gasteiger partial charge >= 0.3 is 0 Å². The summed E-state index contributed by atoms with van der Waals surface area (Å²) in [6.45, 7) is 5.21. The lowest BCUT2D eigenvalue weighted by Crippen LogP contribution is -2.42. The molecule has 1 amide bonds. The number of amides is 1. The topological polar surface area (TPSA) is 129 Å². The van der Waals surface area contributed by atoms with Crippen LogP contribution in [0.5, 0.6) is 0 Å². The number of fused-ring (bicyclic) bond motifs is 1. The third kappa shape index (κ3) is 5.66. The zero-order valence-electron chi connectivity index (χ0n) is 23.6. The molecule has 11 nitrogen and oxygen atoms in total. The fourth-order valence-corrected chi connectivity index (χ4v) is 7.08. The van der Waals surface area contributed by atoms with Crippen molar-refractivity contribution in [2.75, 3.05) is 61.1 Å². The van der Waals surface area contributed by atoms with Gasteiger partial charge in [-0.05, 0) is 68.4 Å². The van der Waals surface area contributed by atoms with E-state index in [9.17, 15) is 13.2 Å². The number of hydrogen-bond donors (Lipinski definition) is 3. The molecule has 1 saturated carbocycles. The summed E-state index contributed by atoms with van der Waals surface area (Å²) in [6, 6.07) is 8.53. The van der Waals surface area contributed by atoms with Crippen molar-refractivity contribution >= 4 is 44.0 Å². The summed E-state index contributed by atoms with van der Waals surface area (Å²) >= 11 is 0. The van der Waals surface area contributed by atoms with Gasteiger partial charge in [0.1, 0.15) is 5.69 Å². The number of carbonyl (C=O) groups is 1. The van der Waals surface area contributed by atoms with Gasteiger partial charge in [0.15, 0.2) is 5.82 Å². The van der Waals surface area contributed by atoms with Crippen molar-refractivity contribution in [3.05, 3.63) is 42.2 Å². The van der Waals surface area contributed by atoms with Gasteiger partial charge in [-0.3, -0.25) is 4.79 Å². The Kier molecular flexibility index (Phi) is 7.43. The molecule has 1 atom stereocenters. The normalized spacial score (nSPS) is 20.5. The third-order valence-corrected chi connectivity index (χ3v) is 10.1. The van der Waals surface area contributed by atoms with Crippen molar-refractivity contribution in [1.82, 2.24) is 14.3 Å². The number of morpholine rings is 1. The highest BCUT2D eigenvalue weighted by molar-refractivity contribution is 7.89. The number of sulfonamides is 1. The number of aromatic nitrogens is 2. The van der Waals surface area contributed by atoms with Crippen molar-refractivity contribution in [1.29, 1.82) is 0 Å². The molecule has 41 heavy (non-hydrogen) atoms. The second-order valence-electron chi connectivity index (χ2n) is 11.6. The van der Waals surface area contributed by atoms with Gasteiger partial charge < -0.3 is 29.5 Å². The summed E-state index contributed by atoms with van der Waals surface area (Å²) in [4.78, 5) is 23.0. The van der Waals surface area contributed by atoms with Gasteiger partial charge in [0.05, 0.1) is 41.1 Å². The maximum absolute atomic E-state index is 13.7. The standard InChI is InChI=1S/C29H38N6O5S/c1-20-19-35(14-16-40-20)27-26-21(5-11-33(26)2)17-24(31-27)28(37)32-23-4-3-22(41(38,39)30-10-15-36)18-25(23)34-12-8-29(6-7-29)9-13-34/h3-5,11,17-18,20,30,36H,6-10,12-16,19H2,1-2H3,(H,32,37)/t20-/m0/s1. The largest absolute Gasteiger partial charge is 0.395 e. The second kappa shape index (κ2) is 10.9. The van der Waals surface area contributed by atoms with E-state index >= 15 is 0 Å². The number of rotatable bonds is 8. The smallest absolute Gasteiger partial charge is 0.274 e. The Labute approximate surface area is 240 Å². The Morgan fingerprint density at radius 1 is 1.12 bits per heavy atom. The predicted molar refractivity (Wildman–Crippen MR) is 158 cm³/mol. The monoisotopic (exact) mass is 582 g/mol. The van der Waals surface area contributed by atoms with Crippen molar-refractivity contribution < 1.29 is 23.1 Å². The Hall–Kier alpha value is -3.19. The summed E-state index contributed by atoms with van der Waals surface area (Å²) in [6.07, 6.45) is 6.62. The van der Waals surface area contributed by atoms with Gasteiger partial charge in [0.2, 0.25) is 10.0 Å². The first-order valence-corrected chi connectivity index (χ1v) is 15.8. The summed E-state index contributed by atoms with van der Waals surface area (Å²) in [5.74, 6) is 0.391. The zero-order chi connectivity index (χ0) is 28.8. The van der Waals surface area contributed by atoms with Crippen LogP contribution < -0.4 is 19.8 Å². The highest BCUT2D eigenvalue weighted by atomic mass is 32.2. The summed E-state index contributed by atoms with van der Waals surface area (Å²) in [7, 11) is -1.84. The molecule has 1 aliphatic carbocycles. The molecule has 220 valence electrons. The minimum absolute atomic E-state index is 0.0573. The van der Waals surface area contributed by atoms with Crippen LogP contribution in [0, 0.1) is 5.41 Å². The van der Waals surface area contributed by atoms with E-state index in [0.717, 1.165) is 42.7 Å². The van der Waals surface area contributed by atoms with Crippen LogP contribution in [-0.4, -0.2) is 81.0 Å². The molecule has 0 bridgehead atoms. The summed E-state index contributed by atoms with van der Waals surface area (Å²) < 4.78 is 35.9. The Morgan fingerprint density at radius 2 is 1.90 bits per heavy atom. The van der Waals surface area contributed by atoms with E-state index in [1.165, 1.54) is 18.9 Å². The first-order chi connectivity index (χ1) is 19.7. The highest BCUT2D eigenvalue weighted by Crippen LogP contribution is 2.54. The Morgan fingerprint density at radius 3 is 2.61 bits per heavy atom. The molecule has 0 unspecified atom stereocenters. The van der Waals surface area contributed by atoms with Crippen molar-refractivity contribution in [3.63, 3.8) is 0 Å². The van der Waals surface area contributed by atoms with Gasteiger partial charge in [0.25, 0.3) is 5.91 Å². The molecular formula is C29H38N6O5S. The van der Waals surface area contributed by atoms with Gasteiger partial charge in [-0.25, -0.2) is 18.1 Å². The number of ether oxygens (including phenoxy) is 1. The number of aliphatic hydroxyl groups is 1. The molecule has 2 saturated heterocycles. The molecule has 1 aromatic carbocycles. The number of hydrogen-bond acceptors (Lipinski definition) is 8. The van der Waals surface area contributed by atoms with Crippen molar-refractivity contribution in [3.8, 4) is 0 Å². The van der Waals surface area contributed by atoms with E-state index in [1.54, 1.807) is 18.2 Å². The maximum atomic E-state index is 13.7. The predicted octanol–water partition coefficient (Wildman–Crippen LogP) is 2.70. The average molecular weight is 583 g/mol. The minimum atomic E-state index is -3.82. The molecule has 1 spiro atoms. The number of nitrogens with one attached hydrogen (secondary N) is 2. The number of aryl methyl sites for hydroxylation is 1. The van der Waals surface area contributed by atoms with E-state index in [2.05, 4.69) is 19.8 Å². The number of anilines is 3. The first-order valence-electron chi connectivity index (χ1n) is 14.3. The minimum Gasteiger partial charge on any atom is -0.395 e. The maximum Gasteiger partial charge on any atom is 0.274 e. The fraction of sp³-hybridized carbons (Fsp3) is 0.517. The van der Waals surface area contributed by atoms with Gasteiger partial charge in [0, 0.05) is 51.4 Å². The molecule has 0 radical (unpaired) electrons. The molecule has 3 fully saturated rings. The first kappa shape index (κ1) is 28.0. The number of piperidine rings is 1. The van der Waals surface area contributed by atoms with Crippen LogP contribution >= 0.6 is 0 Å². The Balaban J connectivity index is 1.33. The lowest BCUT2D eigenvalue weighted by molar-refractivity contribution is 0.0530. The molecule has 12 heteroatoms. The number of aliphatic hydroxyl groups excluding tert-OH is 1. The van der Waals surface area contributed by atoms with E-state index in [0.29, 0.717) is 42.2 Å². The molecule has 3 N–H and O–H groups in total. The molecule has 6 rings (SSSR count). The molecule has 3 aromatic rings. The number of benzene rings is 1. The number of nitrogens with zero attached hydrogens (tertiary/aromatic N) is 4. The van der Waals surface area contributed by atoms with E-state index in [-0.39, 0.29) is 30.1 Å². The summed E-state index contributed by atoms with van der Waals surface area (Å²) in [5, 5.41) is 13.1. The lowest BCUT2D eigenvalue weighted by Gasteiger charge is -2.35. The van der Waals surface area contributed by atoms with Gasteiger partial charge in [-0.15, -0.1) is 0 Å². The van der Waals surface area contributed by atoms with Crippen molar-refractivity contribution in [2.24, 2.45) is 12.5 Å². The van der Waals surface area contributed by atoms with Crippen LogP contribution in [0.2, 0.25) is 0 Å². The summed E-state index contributed by atoms with van der Waals surface area (Å²) in [5.41, 5.74) is 2.90. The van der Waals surface area contributed by atoms with Crippen LogP contribution in [0.3, 0.4) is 0 Å². The number of carbonyl (C=O) groups excluding carboxylic acids is 1. The van der Waals surface area contributed by atoms with Gasteiger partial charge in [-0.2, -0.15) is 0 Å². The van der Waals surface area contributed by atoms with Gasteiger partial charge in [-0.1, -0.05) is 0 Å². The van der Waals surface area contributed by atoms with E-state index in [4.69, 9.17) is 14.8 Å².